The van der Waals surface area contributed by atoms with Gasteiger partial charge in [-0.1, -0.05) is 23.2 Å². The number of dihydropyridines is 1. The normalized spacial score (nSPS) is 17.1. The molecule has 0 radical (unpaired) electrons. The van der Waals surface area contributed by atoms with Crippen LogP contribution in [0.4, 0.5) is 13.9 Å². The van der Waals surface area contributed by atoms with Crippen molar-refractivity contribution in [2.24, 2.45) is 5.92 Å². The Hall–Kier alpha value is -4.55. The van der Waals surface area contributed by atoms with Crippen molar-refractivity contribution in [1.82, 2.24) is 30.3 Å². The summed E-state index contributed by atoms with van der Waals surface area (Å²) in [5.74, 6) is 12.8. The maximum atomic E-state index is 13.6. The number of allylic oxidation sites excluding steroid dienone is 3. The van der Waals surface area contributed by atoms with E-state index in [0.717, 1.165) is 25.7 Å². The van der Waals surface area contributed by atoms with Crippen LogP contribution in [-0.4, -0.2) is 44.5 Å². The fourth-order valence-corrected chi connectivity index (χ4v) is 4.76. The molecular weight excluding hydrogens is 536 g/mol. The van der Waals surface area contributed by atoms with Crippen molar-refractivity contribution in [2.75, 3.05) is 19.0 Å². The first kappa shape index (κ1) is 25.7. The number of methoxy groups -OCH3 is 1. The second kappa shape index (κ2) is 10.5. The Labute approximate surface area is 232 Å². The number of pyridine rings is 1. The van der Waals surface area contributed by atoms with Gasteiger partial charge in [0.25, 0.3) is 12.3 Å². The van der Waals surface area contributed by atoms with Crippen LogP contribution in [0.5, 0.6) is 5.75 Å². The van der Waals surface area contributed by atoms with E-state index in [0.29, 0.717) is 33.3 Å². The summed E-state index contributed by atoms with van der Waals surface area (Å²) in [5, 5.41) is 19.1. The minimum atomic E-state index is -2.80. The summed E-state index contributed by atoms with van der Waals surface area (Å²) in [5.41, 5.74) is 0.730. The number of alkyl halides is 2. The first-order chi connectivity index (χ1) is 19.4. The lowest BCUT2D eigenvalue weighted by Crippen LogP contribution is -2.28. The van der Waals surface area contributed by atoms with E-state index >= 15 is 0 Å². The molecule has 3 aromatic rings. The number of halogens is 2. The number of amides is 1. The molecule has 0 bridgehead atoms. The van der Waals surface area contributed by atoms with E-state index in [1.807, 2.05) is 16.9 Å². The lowest BCUT2D eigenvalue weighted by molar-refractivity contribution is -0.112. The van der Waals surface area contributed by atoms with Crippen molar-refractivity contribution in [3.8, 4) is 29.4 Å². The van der Waals surface area contributed by atoms with Gasteiger partial charge in [-0.25, -0.2) is 8.78 Å². The highest BCUT2D eigenvalue weighted by atomic mass is 32.1. The number of aromatic nitrogens is 5. The van der Waals surface area contributed by atoms with Gasteiger partial charge < -0.3 is 10.1 Å². The lowest BCUT2D eigenvalue weighted by atomic mass is 9.94. The summed E-state index contributed by atoms with van der Waals surface area (Å²) in [4.78, 5) is 17.3. The molecule has 0 spiro atoms. The standard InChI is InChI=1S/C28H23F2N7O2S/c1-39-23-16-32-22(25(29)30)14-20(23)19-13-18(7-8-28(9-10-28)37-12-2-11-33-37)31-15-21(19)26(38)34-27-36-35-24(40-27)6-5-17-3-4-17/h2,11-14,16-17,25,31H,3-4,9-10,15H2,1H3,(H,34,36,38). The Bertz CT molecular complexity index is 1650. The fourth-order valence-electron chi connectivity index (χ4n) is 4.16. The number of anilines is 1. The molecule has 1 amide bonds. The molecule has 1 aliphatic heterocycles. The molecule has 0 saturated heterocycles. The molecule has 0 unspecified atom stereocenters. The van der Waals surface area contributed by atoms with Crippen LogP contribution in [0.25, 0.3) is 5.57 Å². The maximum Gasteiger partial charge on any atom is 0.280 e. The summed E-state index contributed by atoms with van der Waals surface area (Å²) in [7, 11) is 1.42. The highest BCUT2D eigenvalue weighted by Crippen LogP contribution is 2.42. The van der Waals surface area contributed by atoms with Crippen LogP contribution in [0.2, 0.25) is 0 Å². The van der Waals surface area contributed by atoms with Gasteiger partial charge in [-0.3, -0.25) is 19.8 Å². The molecule has 2 fully saturated rings. The molecular formula is C28H23F2N7O2S. The van der Waals surface area contributed by atoms with Crippen LogP contribution in [0.1, 0.15) is 48.4 Å². The van der Waals surface area contributed by atoms with Gasteiger partial charge >= 0.3 is 0 Å². The van der Waals surface area contributed by atoms with E-state index in [-0.39, 0.29) is 23.0 Å². The van der Waals surface area contributed by atoms with Crippen molar-refractivity contribution in [1.29, 1.82) is 0 Å². The first-order valence-corrected chi connectivity index (χ1v) is 13.5. The quantitative estimate of drug-likeness (QED) is 0.441. The van der Waals surface area contributed by atoms with E-state index in [1.165, 1.54) is 30.7 Å². The van der Waals surface area contributed by atoms with Gasteiger partial charge in [0.15, 0.2) is 5.01 Å². The Morgan fingerprint density at radius 2 is 2.15 bits per heavy atom. The third-order valence-corrected chi connectivity index (χ3v) is 7.42. The highest BCUT2D eigenvalue weighted by Gasteiger charge is 2.44. The number of carbonyl (C=O) groups excluding carboxylic acids is 1. The summed E-state index contributed by atoms with van der Waals surface area (Å²) in [6.07, 6.45) is 7.62. The van der Waals surface area contributed by atoms with Crippen LogP contribution in [0, 0.1) is 29.6 Å². The number of hydrogen-bond acceptors (Lipinski definition) is 8. The molecule has 0 atom stereocenters. The minimum Gasteiger partial charge on any atom is -0.494 e. The molecule has 40 heavy (non-hydrogen) atoms. The lowest BCUT2D eigenvalue weighted by Gasteiger charge is -2.21. The van der Waals surface area contributed by atoms with Crippen LogP contribution < -0.4 is 15.4 Å². The van der Waals surface area contributed by atoms with E-state index in [1.54, 1.807) is 12.3 Å². The van der Waals surface area contributed by atoms with Crippen molar-refractivity contribution >= 4 is 27.9 Å². The average molecular weight is 560 g/mol. The summed E-state index contributed by atoms with van der Waals surface area (Å²) < 4.78 is 34.5. The van der Waals surface area contributed by atoms with Crippen LogP contribution in [0.3, 0.4) is 0 Å². The Morgan fingerprint density at radius 3 is 2.85 bits per heavy atom. The number of nitrogens with one attached hydrogen (secondary N) is 2. The molecule has 9 nitrogen and oxygen atoms in total. The molecule has 3 aromatic heterocycles. The third kappa shape index (κ3) is 5.44. The zero-order valence-electron chi connectivity index (χ0n) is 21.4. The van der Waals surface area contributed by atoms with Gasteiger partial charge in [-0.05, 0) is 61.3 Å². The molecule has 2 aliphatic carbocycles. The average Bonchev–Trinajstić information content (AvgIpc) is 3.85. The molecule has 3 aliphatic rings. The molecule has 12 heteroatoms. The number of nitrogens with zero attached hydrogens (tertiary/aromatic N) is 5. The number of ether oxygens (including phenoxy) is 1. The zero-order chi connectivity index (χ0) is 27.7. The molecule has 2 N–H and O–H groups in total. The monoisotopic (exact) mass is 559 g/mol. The molecule has 202 valence electrons. The fraction of sp³-hybridized carbons (Fsp3) is 0.321. The second-order valence-electron chi connectivity index (χ2n) is 9.56. The summed E-state index contributed by atoms with van der Waals surface area (Å²) in [6.45, 7) is 0.0963. The van der Waals surface area contributed by atoms with Crippen LogP contribution in [0.15, 0.2) is 48.1 Å². The highest BCUT2D eigenvalue weighted by molar-refractivity contribution is 7.15. The van der Waals surface area contributed by atoms with E-state index in [4.69, 9.17) is 4.74 Å². The molecule has 0 aromatic carbocycles. The summed E-state index contributed by atoms with van der Waals surface area (Å²) >= 11 is 1.17. The van der Waals surface area contributed by atoms with Gasteiger partial charge in [0.2, 0.25) is 5.13 Å². The number of rotatable bonds is 6. The van der Waals surface area contributed by atoms with E-state index in [2.05, 4.69) is 54.6 Å². The molecule has 2 saturated carbocycles. The zero-order valence-corrected chi connectivity index (χ0v) is 22.2. The van der Waals surface area contributed by atoms with Crippen molar-refractivity contribution in [2.45, 2.75) is 37.6 Å². The Balaban J connectivity index is 1.36. The van der Waals surface area contributed by atoms with Gasteiger partial charge in [-0.15, -0.1) is 10.2 Å². The number of carbonyl (C=O) groups is 1. The van der Waals surface area contributed by atoms with Gasteiger partial charge in [-0.2, -0.15) is 5.10 Å². The van der Waals surface area contributed by atoms with Crippen LogP contribution in [-0.2, 0) is 10.3 Å². The van der Waals surface area contributed by atoms with Crippen molar-refractivity contribution in [3.63, 3.8) is 0 Å². The topological polar surface area (TPSA) is 107 Å². The largest absolute Gasteiger partial charge is 0.494 e. The second-order valence-corrected chi connectivity index (χ2v) is 10.5. The van der Waals surface area contributed by atoms with Crippen molar-refractivity contribution < 1.29 is 18.3 Å². The third-order valence-electron chi connectivity index (χ3n) is 6.67. The maximum absolute atomic E-state index is 13.6. The van der Waals surface area contributed by atoms with E-state index in [9.17, 15) is 13.6 Å². The Morgan fingerprint density at radius 1 is 1.30 bits per heavy atom. The minimum absolute atomic E-state index is 0.0963. The van der Waals surface area contributed by atoms with Gasteiger partial charge in [0, 0.05) is 36.0 Å². The van der Waals surface area contributed by atoms with Gasteiger partial charge in [0.1, 0.15) is 17.0 Å². The first-order valence-electron chi connectivity index (χ1n) is 12.6. The van der Waals surface area contributed by atoms with Crippen molar-refractivity contribution in [3.05, 3.63) is 64.3 Å². The molecule has 4 heterocycles. The smallest absolute Gasteiger partial charge is 0.280 e. The Kier molecular flexibility index (Phi) is 6.78. The predicted octanol–water partition coefficient (Wildman–Crippen LogP) is 3.91. The predicted molar refractivity (Wildman–Crippen MR) is 144 cm³/mol. The van der Waals surface area contributed by atoms with Gasteiger partial charge in [0.05, 0.1) is 19.0 Å². The molecule has 6 rings (SSSR count). The SMILES string of the molecule is COc1cnc(C(F)F)cc1C1=C(C(=O)Nc2nnc(C#CC3CC3)s2)CNC(C#CC2(n3cccn3)CC2)=C1. The summed E-state index contributed by atoms with van der Waals surface area (Å²) in [6, 6.07) is 3.09. The van der Waals surface area contributed by atoms with Crippen LogP contribution >= 0.6 is 11.3 Å². The number of hydrogen-bond donors (Lipinski definition) is 2. The van der Waals surface area contributed by atoms with E-state index < -0.39 is 18.0 Å².